The molecule has 0 aliphatic heterocycles. The van der Waals surface area contributed by atoms with Crippen molar-refractivity contribution in [2.75, 3.05) is 27.1 Å². The van der Waals surface area contributed by atoms with E-state index in [0.29, 0.717) is 22.8 Å². The van der Waals surface area contributed by atoms with Crippen molar-refractivity contribution < 1.29 is 24.1 Å². The average molecular weight is 319 g/mol. The fourth-order valence-corrected chi connectivity index (χ4v) is 2.28. The van der Waals surface area contributed by atoms with Crippen molar-refractivity contribution in [2.24, 2.45) is 0 Å². The molecule has 0 aliphatic carbocycles. The number of anilines is 1. The van der Waals surface area contributed by atoms with Crippen molar-refractivity contribution in [3.63, 3.8) is 0 Å². The van der Waals surface area contributed by atoms with E-state index < -0.39 is 5.97 Å². The highest BCUT2D eigenvalue weighted by molar-refractivity contribution is 5.96. The van der Waals surface area contributed by atoms with Crippen molar-refractivity contribution in [3.05, 3.63) is 23.4 Å². The van der Waals surface area contributed by atoms with Gasteiger partial charge < -0.3 is 25.1 Å². The molecule has 1 aromatic heterocycles. The number of aryl methyl sites for hydroxylation is 1. The van der Waals surface area contributed by atoms with Gasteiger partial charge in [-0.3, -0.25) is 0 Å². The van der Waals surface area contributed by atoms with Gasteiger partial charge in [0.1, 0.15) is 5.56 Å². The Hall–Kier alpha value is -3.03. The fraction of sp³-hybridized carbons (Fsp3) is 0.267. The van der Waals surface area contributed by atoms with E-state index in [2.05, 4.69) is 9.97 Å². The van der Waals surface area contributed by atoms with Crippen molar-refractivity contribution in [2.45, 2.75) is 6.92 Å². The lowest BCUT2D eigenvalue weighted by Crippen LogP contribution is -2.10. The number of hydrogen-bond acceptors (Lipinski definition) is 7. The summed E-state index contributed by atoms with van der Waals surface area (Å²) in [6.45, 7) is 1.56. The lowest BCUT2D eigenvalue weighted by molar-refractivity contribution is 0.0696. The zero-order chi connectivity index (χ0) is 17.1. The summed E-state index contributed by atoms with van der Waals surface area (Å²) in [7, 11) is 4.42. The van der Waals surface area contributed by atoms with Crippen LogP contribution in [0.15, 0.2) is 12.1 Å². The van der Waals surface area contributed by atoms with E-state index in [1.807, 2.05) is 0 Å². The molecular weight excluding hydrogens is 302 g/mol. The number of aromatic nitrogens is 2. The largest absolute Gasteiger partial charge is 0.493 e. The number of carboxylic acids is 1. The van der Waals surface area contributed by atoms with Gasteiger partial charge in [0, 0.05) is 5.56 Å². The zero-order valence-corrected chi connectivity index (χ0v) is 13.2. The normalized spacial score (nSPS) is 10.3. The molecule has 0 bridgehead atoms. The van der Waals surface area contributed by atoms with Crippen LogP contribution >= 0.6 is 0 Å². The van der Waals surface area contributed by atoms with Crippen LogP contribution in [0.2, 0.25) is 0 Å². The van der Waals surface area contributed by atoms with Gasteiger partial charge in [0.2, 0.25) is 11.7 Å². The van der Waals surface area contributed by atoms with Crippen molar-refractivity contribution in [3.8, 4) is 28.5 Å². The molecule has 2 aromatic rings. The van der Waals surface area contributed by atoms with Gasteiger partial charge in [0.05, 0.1) is 32.7 Å². The third kappa shape index (κ3) is 2.96. The minimum atomic E-state index is -1.15. The van der Waals surface area contributed by atoms with E-state index in [4.69, 9.17) is 19.9 Å². The highest BCUT2D eigenvalue weighted by atomic mass is 16.5. The third-order valence-corrected chi connectivity index (χ3v) is 3.26. The van der Waals surface area contributed by atoms with Crippen LogP contribution in [0.3, 0.4) is 0 Å². The molecule has 0 atom stereocenters. The fourth-order valence-electron chi connectivity index (χ4n) is 2.28. The summed E-state index contributed by atoms with van der Waals surface area (Å²) in [6, 6.07) is 3.21. The molecule has 0 saturated heterocycles. The number of aromatic carboxylic acids is 1. The Bertz CT molecular complexity index is 736. The van der Waals surface area contributed by atoms with Gasteiger partial charge in [-0.15, -0.1) is 0 Å². The minimum Gasteiger partial charge on any atom is -0.493 e. The summed E-state index contributed by atoms with van der Waals surface area (Å²) in [5, 5.41) is 9.44. The molecule has 0 saturated carbocycles. The zero-order valence-electron chi connectivity index (χ0n) is 13.2. The van der Waals surface area contributed by atoms with Gasteiger partial charge in [0.15, 0.2) is 11.5 Å². The van der Waals surface area contributed by atoms with Gasteiger partial charge in [-0.25, -0.2) is 14.8 Å². The maximum absolute atomic E-state index is 11.6. The van der Waals surface area contributed by atoms with Crippen LogP contribution in [0.25, 0.3) is 11.3 Å². The Kier molecular flexibility index (Phi) is 4.54. The van der Waals surface area contributed by atoms with Crippen LogP contribution in [0.1, 0.15) is 16.1 Å². The molecule has 1 heterocycles. The van der Waals surface area contributed by atoms with Crippen LogP contribution < -0.4 is 19.9 Å². The summed E-state index contributed by atoms with van der Waals surface area (Å²) in [4.78, 5) is 19.5. The van der Waals surface area contributed by atoms with Gasteiger partial charge >= 0.3 is 5.97 Å². The number of nitrogens with zero attached hydrogens (tertiary/aromatic N) is 2. The van der Waals surface area contributed by atoms with E-state index in [1.54, 1.807) is 19.1 Å². The van der Waals surface area contributed by atoms with Gasteiger partial charge in [-0.1, -0.05) is 0 Å². The van der Waals surface area contributed by atoms with Crippen LogP contribution in [0.5, 0.6) is 17.2 Å². The molecule has 1 aromatic carbocycles. The molecule has 2 rings (SSSR count). The summed E-state index contributed by atoms with van der Waals surface area (Å²) in [5.41, 5.74) is 6.55. The number of carbonyl (C=O) groups is 1. The highest BCUT2D eigenvalue weighted by Crippen LogP contribution is 2.41. The van der Waals surface area contributed by atoms with Crippen LogP contribution in [-0.4, -0.2) is 42.4 Å². The van der Waals surface area contributed by atoms with Crippen LogP contribution in [0.4, 0.5) is 5.95 Å². The smallest absolute Gasteiger partial charge is 0.339 e. The second-order valence-electron chi connectivity index (χ2n) is 4.61. The van der Waals surface area contributed by atoms with Crippen molar-refractivity contribution in [1.29, 1.82) is 0 Å². The third-order valence-electron chi connectivity index (χ3n) is 3.26. The van der Waals surface area contributed by atoms with E-state index in [0.717, 1.165) is 0 Å². The molecule has 0 unspecified atom stereocenters. The van der Waals surface area contributed by atoms with E-state index in [1.165, 1.54) is 21.3 Å². The number of nitrogens with two attached hydrogens (primary N) is 1. The number of ether oxygens (including phenoxy) is 3. The predicted octanol–water partition coefficient (Wildman–Crippen LogP) is 1.76. The number of methoxy groups -OCH3 is 3. The topological polar surface area (TPSA) is 117 Å². The number of benzene rings is 1. The molecule has 122 valence electrons. The molecule has 3 N–H and O–H groups in total. The monoisotopic (exact) mass is 319 g/mol. The van der Waals surface area contributed by atoms with E-state index in [9.17, 15) is 9.90 Å². The Balaban J connectivity index is 2.79. The average Bonchev–Trinajstić information content (AvgIpc) is 2.51. The number of hydrogen-bond donors (Lipinski definition) is 2. The minimum absolute atomic E-state index is 0.0174. The first kappa shape index (κ1) is 16.3. The molecule has 0 spiro atoms. The molecule has 0 fully saturated rings. The molecule has 0 radical (unpaired) electrons. The first-order valence-corrected chi connectivity index (χ1v) is 6.60. The number of nitrogen functional groups attached to an aromatic ring is 1. The Morgan fingerprint density at radius 3 is 2.09 bits per heavy atom. The van der Waals surface area contributed by atoms with Gasteiger partial charge in [-0.05, 0) is 19.1 Å². The van der Waals surface area contributed by atoms with Crippen molar-refractivity contribution >= 4 is 11.9 Å². The second-order valence-corrected chi connectivity index (χ2v) is 4.61. The maximum Gasteiger partial charge on any atom is 0.339 e. The highest BCUT2D eigenvalue weighted by Gasteiger charge is 2.22. The summed E-state index contributed by atoms with van der Waals surface area (Å²) in [6.07, 6.45) is 0. The van der Waals surface area contributed by atoms with E-state index in [-0.39, 0.29) is 22.9 Å². The Morgan fingerprint density at radius 1 is 1.09 bits per heavy atom. The molecule has 23 heavy (non-hydrogen) atoms. The molecule has 0 aliphatic rings. The number of carboxylic acid groups (broad SMARTS) is 1. The predicted molar refractivity (Wildman–Crippen MR) is 83.2 cm³/mol. The molecule has 8 nitrogen and oxygen atoms in total. The second kappa shape index (κ2) is 6.39. The molecular formula is C15H17N3O5. The summed E-state index contributed by atoms with van der Waals surface area (Å²) in [5.74, 6) is -0.00192. The SMILES string of the molecule is COc1cc(-c2nc(N)nc(C)c2C(=O)O)cc(OC)c1OC. The molecule has 8 heteroatoms. The lowest BCUT2D eigenvalue weighted by Gasteiger charge is -2.15. The van der Waals surface area contributed by atoms with Crippen LogP contribution in [0, 0.1) is 6.92 Å². The first-order valence-electron chi connectivity index (χ1n) is 6.60. The summed E-state index contributed by atoms with van der Waals surface area (Å²) < 4.78 is 15.8. The summed E-state index contributed by atoms with van der Waals surface area (Å²) >= 11 is 0. The number of rotatable bonds is 5. The Morgan fingerprint density at radius 2 is 1.65 bits per heavy atom. The van der Waals surface area contributed by atoms with E-state index >= 15 is 0 Å². The van der Waals surface area contributed by atoms with Crippen LogP contribution in [-0.2, 0) is 0 Å². The van der Waals surface area contributed by atoms with Crippen molar-refractivity contribution in [1.82, 2.24) is 9.97 Å². The lowest BCUT2D eigenvalue weighted by atomic mass is 10.0. The molecule has 0 amide bonds. The first-order chi connectivity index (χ1) is 10.9. The Labute approximate surface area is 132 Å². The van der Waals surface area contributed by atoms with Gasteiger partial charge in [0.25, 0.3) is 0 Å². The standard InChI is InChI=1S/C15H17N3O5/c1-7-11(14(19)20)12(18-15(16)17-7)8-5-9(21-2)13(23-4)10(6-8)22-3/h5-6H,1-4H3,(H,19,20)(H2,16,17,18). The quantitative estimate of drug-likeness (QED) is 0.856. The maximum atomic E-state index is 11.6. The van der Waals surface area contributed by atoms with Gasteiger partial charge in [-0.2, -0.15) is 0 Å².